The highest BCUT2D eigenvalue weighted by atomic mass is 32.2. The van der Waals surface area contributed by atoms with Gasteiger partial charge in [0.15, 0.2) is 0 Å². The lowest BCUT2D eigenvalue weighted by atomic mass is 9.64. The van der Waals surface area contributed by atoms with Gasteiger partial charge >= 0.3 is 0 Å². The normalized spacial score (nSPS) is 28.0. The van der Waals surface area contributed by atoms with Crippen LogP contribution in [0.2, 0.25) is 0 Å². The van der Waals surface area contributed by atoms with E-state index in [1.54, 1.807) is 0 Å². The van der Waals surface area contributed by atoms with E-state index in [1.165, 1.54) is 0 Å². The van der Waals surface area contributed by atoms with Crippen LogP contribution in [0.3, 0.4) is 0 Å². The number of halogens is 3. The topological polar surface area (TPSA) is 75.3 Å². The molecule has 2 bridgehead atoms. The zero-order valence-corrected chi connectivity index (χ0v) is 16.1. The van der Waals surface area contributed by atoms with Gasteiger partial charge in [0.1, 0.15) is 5.67 Å². The molecule has 0 saturated heterocycles. The highest BCUT2D eigenvalue weighted by molar-refractivity contribution is 7.92. The third kappa shape index (κ3) is 4.39. The molecule has 3 aliphatic carbocycles. The molecule has 0 unspecified atom stereocenters. The summed E-state index contributed by atoms with van der Waals surface area (Å²) in [6.45, 7) is 0.704. The summed E-state index contributed by atoms with van der Waals surface area (Å²) < 4.78 is 67.1. The van der Waals surface area contributed by atoms with Crippen molar-refractivity contribution in [3.8, 4) is 0 Å². The second-order valence-corrected chi connectivity index (χ2v) is 9.66. The van der Waals surface area contributed by atoms with Crippen LogP contribution in [-0.2, 0) is 15.9 Å². The van der Waals surface area contributed by atoms with Gasteiger partial charge in [-0.05, 0) is 50.7 Å². The van der Waals surface area contributed by atoms with Gasteiger partial charge in [0, 0.05) is 18.0 Å². The van der Waals surface area contributed by atoms with Crippen molar-refractivity contribution in [2.75, 3.05) is 11.0 Å². The minimum atomic E-state index is -3.70. The maximum atomic E-state index is 14.3. The summed E-state index contributed by atoms with van der Waals surface area (Å²) in [4.78, 5) is 12.9. The number of alkyl halides is 3. The third-order valence-electron chi connectivity index (χ3n) is 5.60. The monoisotopic (exact) mass is 404 g/mol. The van der Waals surface area contributed by atoms with Crippen LogP contribution in [0.4, 0.5) is 18.9 Å². The fraction of sp³-hybridized carbons (Fsp3) is 0.611. The Balaban J connectivity index is 1.92. The van der Waals surface area contributed by atoms with Gasteiger partial charge in [-0.3, -0.25) is 9.52 Å². The minimum absolute atomic E-state index is 0.0640. The number of fused-ring (bicyclic) bond motifs is 3. The van der Waals surface area contributed by atoms with Crippen LogP contribution in [0.1, 0.15) is 61.4 Å². The fourth-order valence-electron chi connectivity index (χ4n) is 3.93. The highest BCUT2D eigenvalue weighted by Crippen LogP contribution is 2.49. The molecule has 4 rings (SSSR count). The van der Waals surface area contributed by atoms with Gasteiger partial charge in [-0.25, -0.2) is 21.6 Å². The molecule has 150 valence electrons. The molecule has 5 nitrogen and oxygen atoms in total. The van der Waals surface area contributed by atoms with Gasteiger partial charge in [0.05, 0.1) is 17.5 Å². The van der Waals surface area contributed by atoms with E-state index in [2.05, 4.69) is 10.0 Å². The second kappa shape index (κ2) is 6.39. The quantitative estimate of drug-likeness (QED) is 0.786. The second-order valence-electron chi connectivity index (χ2n) is 7.91. The Kier molecular flexibility index (Phi) is 4.73. The van der Waals surface area contributed by atoms with Gasteiger partial charge < -0.3 is 5.32 Å². The Bertz CT molecular complexity index is 841. The maximum Gasteiger partial charge on any atom is 0.270 e. The average molecular weight is 404 g/mol. The van der Waals surface area contributed by atoms with Crippen molar-refractivity contribution in [1.82, 2.24) is 5.32 Å². The molecule has 3 aliphatic rings. The van der Waals surface area contributed by atoms with Crippen molar-refractivity contribution in [3.63, 3.8) is 0 Å². The first-order valence-corrected chi connectivity index (χ1v) is 10.7. The molecule has 3 fully saturated rings. The minimum Gasteiger partial charge on any atom is -0.347 e. The summed E-state index contributed by atoms with van der Waals surface area (Å²) in [7, 11) is -3.70. The molecule has 0 heterocycles. The summed E-state index contributed by atoms with van der Waals surface area (Å²) in [6, 6.07) is 3.25. The van der Waals surface area contributed by atoms with Crippen molar-refractivity contribution in [2.24, 2.45) is 0 Å². The number of carbonyl (C=O) groups excluding carboxylic acids is 1. The Labute approximate surface area is 156 Å². The Morgan fingerprint density at radius 1 is 1.11 bits per heavy atom. The summed E-state index contributed by atoms with van der Waals surface area (Å²) >= 11 is 0. The van der Waals surface area contributed by atoms with E-state index in [0.29, 0.717) is 45.4 Å². The fourth-order valence-corrected chi connectivity index (χ4v) is 4.51. The lowest BCUT2D eigenvalue weighted by Gasteiger charge is -2.50. The molecule has 0 spiro atoms. The van der Waals surface area contributed by atoms with Crippen molar-refractivity contribution < 1.29 is 26.4 Å². The van der Waals surface area contributed by atoms with Crippen LogP contribution in [-0.4, -0.2) is 31.8 Å². The van der Waals surface area contributed by atoms with E-state index in [-0.39, 0.29) is 16.8 Å². The van der Waals surface area contributed by atoms with Crippen LogP contribution in [0.5, 0.6) is 0 Å². The molecule has 1 amide bonds. The summed E-state index contributed by atoms with van der Waals surface area (Å²) in [5.74, 6) is -3.82. The Hall–Kier alpha value is -1.77. The number of hydrogen-bond donors (Lipinski definition) is 2. The third-order valence-corrected chi connectivity index (χ3v) is 6.19. The van der Waals surface area contributed by atoms with Gasteiger partial charge in [0.25, 0.3) is 11.8 Å². The number of sulfonamides is 1. The Morgan fingerprint density at radius 3 is 2.15 bits per heavy atom. The first kappa shape index (κ1) is 20.0. The predicted octanol–water partition coefficient (Wildman–Crippen LogP) is 3.71. The number of nitrogens with one attached hydrogen (secondary N) is 2. The largest absolute Gasteiger partial charge is 0.347 e. The molecular formula is C18H23F3N2O3S. The summed E-state index contributed by atoms with van der Waals surface area (Å²) in [5.41, 5.74) is -2.36. The van der Waals surface area contributed by atoms with Gasteiger partial charge in [-0.15, -0.1) is 0 Å². The molecule has 1 aromatic carbocycles. The highest BCUT2D eigenvalue weighted by Gasteiger charge is 2.49. The number of hydrogen-bond acceptors (Lipinski definition) is 3. The zero-order valence-electron chi connectivity index (χ0n) is 15.2. The number of anilines is 1. The lowest BCUT2D eigenvalue weighted by Crippen LogP contribution is -2.57. The molecule has 2 N–H and O–H groups in total. The van der Waals surface area contributed by atoms with Crippen LogP contribution in [0, 0.1) is 0 Å². The molecule has 1 aromatic rings. The standard InChI is InChI=1S/C18H23F3N2O3S/c1-16(19,20)12-3-4-14(23-27(2,25)26)13(11-12)15(24)22-18-8-5-17(21,6-9-18)7-10-18/h3-4,11,23H,5-10H2,1-2H3,(H,22,24). The zero-order chi connectivity index (χ0) is 20.1. The van der Waals surface area contributed by atoms with Crippen molar-refractivity contribution >= 4 is 21.6 Å². The van der Waals surface area contributed by atoms with E-state index in [1.807, 2.05) is 0 Å². The van der Waals surface area contributed by atoms with E-state index < -0.39 is 33.1 Å². The smallest absolute Gasteiger partial charge is 0.270 e. The predicted molar refractivity (Wildman–Crippen MR) is 96.2 cm³/mol. The number of rotatable bonds is 5. The van der Waals surface area contributed by atoms with Gasteiger partial charge in [-0.2, -0.15) is 0 Å². The van der Waals surface area contributed by atoms with Crippen LogP contribution in [0.15, 0.2) is 18.2 Å². The Morgan fingerprint density at radius 2 is 1.67 bits per heavy atom. The lowest BCUT2D eigenvalue weighted by molar-refractivity contribution is -0.00653. The maximum absolute atomic E-state index is 14.3. The number of amides is 1. The molecule has 0 aromatic heterocycles. The number of benzene rings is 1. The number of carbonyl (C=O) groups is 1. The van der Waals surface area contributed by atoms with E-state index >= 15 is 0 Å². The molecule has 0 atom stereocenters. The van der Waals surface area contributed by atoms with Crippen LogP contribution in [0.25, 0.3) is 0 Å². The van der Waals surface area contributed by atoms with Gasteiger partial charge in [-0.1, -0.05) is 6.07 Å². The van der Waals surface area contributed by atoms with Crippen molar-refractivity contribution in [2.45, 2.75) is 62.6 Å². The van der Waals surface area contributed by atoms with Crippen molar-refractivity contribution in [1.29, 1.82) is 0 Å². The first-order valence-electron chi connectivity index (χ1n) is 8.83. The molecule has 3 saturated carbocycles. The van der Waals surface area contributed by atoms with Crippen LogP contribution >= 0.6 is 0 Å². The van der Waals surface area contributed by atoms with E-state index in [9.17, 15) is 26.4 Å². The van der Waals surface area contributed by atoms with Crippen molar-refractivity contribution in [3.05, 3.63) is 29.3 Å². The van der Waals surface area contributed by atoms with Crippen LogP contribution < -0.4 is 10.0 Å². The SMILES string of the molecule is CC(F)(F)c1ccc(NS(C)(=O)=O)c(C(=O)NC23CCC(F)(CC2)CC3)c1. The van der Waals surface area contributed by atoms with Gasteiger partial charge in [0.2, 0.25) is 10.0 Å². The summed E-state index contributed by atoms with van der Waals surface area (Å²) in [5, 5.41) is 2.87. The summed E-state index contributed by atoms with van der Waals surface area (Å²) in [6.07, 6.45) is 3.42. The molecule has 0 radical (unpaired) electrons. The van der Waals surface area contributed by atoms with E-state index in [0.717, 1.165) is 24.5 Å². The average Bonchev–Trinajstić information content (AvgIpc) is 2.54. The molecule has 27 heavy (non-hydrogen) atoms. The molecular weight excluding hydrogens is 381 g/mol. The van der Waals surface area contributed by atoms with E-state index in [4.69, 9.17) is 0 Å². The molecule has 0 aliphatic heterocycles. The first-order chi connectivity index (χ1) is 12.3. The molecule has 9 heteroatoms.